The number of hydrogen-bond acceptors (Lipinski definition) is 2. The number of benzene rings is 2. The first-order valence-electron chi connectivity index (χ1n) is 4.64. The molecule has 0 saturated carbocycles. The van der Waals surface area contributed by atoms with Crippen LogP contribution in [0.25, 0.3) is 10.8 Å². The van der Waals surface area contributed by atoms with E-state index in [9.17, 15) is 4.79 Å². The SMILES string of the molecule is O=C1OC(Br)c2cccc3cccc1c23. The summed E-state index contributed by atoms with van der Waals surface area (Å²) in [5.74, 6) is -0.263. The van der Waals surface area contributed by atoms with Crippen molar-refractivity contribution in [1.82, 2.24) is 0 Å². The Morgan fingerprint density at radius 3 is 2.67 bits per heavy atom. The van der Waals surface area contributed by atoms with E-state index in [2.05, 4.69) is 15.9 Å². The van der Waals surface area contributed by atoms with Gasteiger partial charge in [-0.15, -0.1) is 0 Å². The summed E-state index contributed by atoms with van der Waals surface area (Å²) in [5.41, 5.74) is 1.67. The number of esters is 1. The van der Waals surface area contributed by atoms with E-state index >= 15 is 0 Å². The average molecular weight is 263 g/mol. The first-order chi connectivity index (χ1) is 7.27. The third kappa shape index (κ3) is 1.20. The molecule has 2 aromatic carbocycles. The molecule has 1 atom stereocenters. The first-order valence-corrected chi connectivity index (χ1v) is 5.55. The number of cyclic esters (lactones) is 1. The van der Waals surface area contributed by atoms with Gasteiger partial charge in [-0.1, -0.05) is 30.3 Å². The Hall–Kier alpha value is -1.35. The van der Waals surface area contributed by atoms with Crippen LogP contribution in [0, 0.1) is 0 Å². The lowest BCUT2D eigenvalue weighted by atomic mass is 9.98. The van der Waals surface area contributed by atoms with Crippen molar-refractivity contribution in [1.29, 1.82) is 0 Å². The molecular formula is C12H7BrO2. The van der Waals surface area contributed by atoms with E-state index in [-0.39, 0.29) is 11.0 Å². The van der Waals surface area contributed by atoms with Crippen LogP contribution in [0.1, 0.15) is 20.9 Å². The molecule has 0 saturated heterocycles. The normalized spacial score (nSPS) is 19.0. The fourth-order valence-electron chi connectivity index (χ4n) is 1.95. The van der Waals surface area contributed by atoms with Gasteiger partial charge in [0.05, 0.1) is 5.56 Å². The molecule has 0 fully saturated rings. The second-order valence-corrected chi connectivity index (χ2v) is 4.30. The van der Waals surface area contributed by atoms with Crippen molar-refractivity contribution in [3.05, 3.63) is 47.5 Å². The van der Waals surface area contributed by atoms with Crippen molar-refractivity contribution in [2.24, 2.45) is 0 Å². The lowest BCUT2D eigenvalue weighted by Crippen LogP contribution is -2.14. The molecule has 0 N–H and O–H groups in total. The summed E-state index contributed by atoms with van der Waals surface area (Å²) in [7, 11) is 0. The number of carbonyl (C=O) groups is 1. The molecular weight excluding hydrogens is 256 g/mol. The first kappa shape index (κ1) is 8.92. The Kier molecular flexibility index (Phi) is 1.83. The monoisotopic (exact) mass is 262 g/mol. The van der Waals surface area contributed by atoms with Crippen LogP contribution in [0.4, 0.5) is 0 Å². The van der Waals surface area contributed by atoms with Gasteiger partial charge in [-0.3, -0.25) is 0 Å². The number of ether oxygens (including phenoxy) is 1. The van der Waals surface area contributed by atoms with Gasteiger partial charge in [0.25, 0.3) is 0 Å². The molecule has 1 aliphatic rings. The van der Waals surface area contributed by atoms with Crippen molar-refractivity contribution in [3.8, 4) is 0 Å². The Morgan fingerprint density at radius 2 is 1.87 bits per heavy atom. The number of halogens is 1. The standard InChI is InChI=1S/C12H7BrO2/c13-11-8-5-1-3-7-4-2-6-9(10(7)8)12(14)15-11/h1-6,11H. The number of hydrogen-bond donors (Lipinski definition) is 0. The van der Waals surface area contributed by atoms with E-state index in [1.807, 2.05) is 30.3 Å². The quantitative estimate of drug-likeness (QED) is 0.537. The number of carbonyl (C=O) groups excluding carboxylic acids is 1. The summed E-state index contributed by atoms with van der Waals surface area (Å²) in [5, 5.41) is 1.74. The van der Waals surface area contributed by atoms with E-state index in [0.29, 0.717) is 5.56 Å². The van der Waals surface area contributed by atoms with Crippen molar-refractivity contribution in [2.45, 2.75) is 5.01 Å². The largest absolute Gasteiger partial charge is 0.442 e. The molecule has 0 aliphatic carbocycles. The summed E-state index contributed by atoms with van der Waals surface area (Å²) in [4.78, 5) is 11.6. The second kappa shape index (κ2) is 3.07. The van der Waals surface area contributed by atoms with Crippen LogP contribution in [0.2, 0.25) is 0 Å². The molecule has 2 aromatic rings. The molecule has 0 amide bonds. The molecule has 74 valence electrons. The van der Waals surface area contributed by atoms with E-state index in [1.165, 1.54) is 0 Å². The lowest BCUT2D eigenvalue weighted by Gasteiger charge is -2.21. The molecule has 0 spiro atoms. The zero-order valence-electron chi connectivity index (χ0n) is 7.74. The molecule has 1 unspecified atom stereocenters. The molecule has 1 heterocycles. The number of rotatable bonds is 0. The minimum atomic E-state index is -0.330. The van der Waals surface area contributed by atoms with Gasteiger partial charge in [0.2, 0.25) is 0 Å². The predicted octanol–water partition coefficient (Wildman–Crippen LogP) is 3.40. The van der Waals surface area contributed by atoms with Crippen molar-refractivity contribution < 1.29 is 9.53 Å². The topological polar surface area (TPSA) is 26.3 Å². The summed E-state index contributed by atoms with van der Waals surface area (Å²) < 4.78 is 5.18. The smallest absolute Gasteiger partial charge is 0.340 e. The fourth-order valence-corrected chi connectivity index (χ4v) is 2.50. The average Bonchev–Trinajstić information content (AvgIpc) is 2.25. The molecule has 0 bridgehead atoms. The molecule has 3 heteroatoms. The van der Waals surface area contributed by atoms with Gasteiger partial charge in [0.15, 0.2) is 5.01 Å². The van der Waals surface area contributed by atoms with E-state index in [4.69, 9.17) is 4.74 Å². The highest BCUT2D eigenvalue weighted by Crippen LogP contribution is 2.37. The van der Waals surface area contributed by atoms with Crippen molar-refractivity contribution in [3.63, 3.8) is 0 Å². The second-order valence-electron chi connectivity index (χ2n) is 3.47. The van der Waals surface area contributed by atoms with Gasteiger partial charge in [0.1, 0.15) is 0 Å². The maximum Gasteiger partial charge on any atom is 0.340 e. The third-order valence-electron chi connectivity index (χ3n) is 2.61. The third-order valence-corrected chi connectivity index (χ3v) is 3.29. The summed E-state index contributed by atoms with van der Waals surface area (Å²) in [6.45, 7) is 0. The van der Waals surface area contributed by atoms with E-state index in [1.54, 1.807) is 6.07 Å². The van der Waals surface area contributed by atoms with Crippen LogP contribution < -0.4 is 0 Å². The maximum absolute atomic E-state index is 11.6. The van der Waals surface area contributed by atoms with Crippen LogP contribution in [-0.2, 0) is 4.74 Å². The van der Waals surface area contributed by atoms with Crippen LogP contribution in [0.3, 0.4) is 0 Å². The van der Waals surface area contributed by atoms with Crippen LogP contribution in [0.15, 0.2) is 36.4 Å². The minimum Gasteiger partial charge on any atom is -0.442 e. The van der Waals surface area contributed by atoms with Crippen LogP contribution >= 0.6 is 15.9 Å². The lowest BCUT2D eigenvalue weighted by molar-refractivity contribution is 0.0457. The Morgan fingerprint density at radius 1 is 1.13 bits per heavy atom. The van der Waals surface area contributed by atoms with Crippen LogP contribution in [-0.4, -0.2) is 5.97 Å². The molecule has 15 heavy (non-hydrogen) atoms. The molecule has 1 aliphatic heterocycles. The van der Waals surface area contributed by atoms with Crippen LogP contribution in [0.5, 0.6) is 0 Å². The minimum absolute atomic E-state index is 0.263. The summed E-state index contributed by atoms with van der Waals surface area (Å²) in [6.07, 6.45) is 0. The van der Waals surface area contributed by atoms with Crippen molar-refractivity contribution >= 4 is 32.7 Å². The Balaban J connectivity index is 2.50. The highest BCUT2D eigenvalue weighted by molar-refractivity contribution is 9.09. The highest BCUT2D eigenvalue weighted by atomic mass is 79.9. The van der Waals surface area contributed by atoms with E-state index in [0.717, 1.165) is 16.3 Å². The number of alkyl halides is 1. The van der Waals surface area contributed by atoms with Gasteiger partial charge >= 0.3 is 5.97 Å². The van der Waals surface area contributed by atoms with Gasteiger partial charge in [-0.25, -0.2) is 4.79 Å². The highest BCUT2D eigenvalue weighted by Gasteiger charge is 2.25. The van der Waals surface area contributed by atoms with E-state index < -0.39 is 0 Å². The van der Waals surface area contributed by atoms with Gasteiger partial charge in [-0.05, 0) is 27.4 Å². The Labute approximate surface area is 95.0 Å². The Bertz CT molecular complexity index is 557. The fraction of sp³-hybridized carbons (Fsp3) is 0.0833. The zero-order chi connectivity index (χ0) is 10.4. The van der Waals surface area contributed by atoms with Crippen molar-refractivity contribution in [2.75, 3.05) is 0 Å². The van der Waals surface area contributed by atoms with Gasteiger partial charge in [0, 0.05) is 10.9 Å². The summed E-state index contributed by atoms with van der Waals surface area (Å²) >= 11 is 3.35. The summed E-state index contributed by atoms with van der Waals surface area (Å²) in [6, 6.07) is 11.6. The molecule has 3 rings (SSSR count). The van der Waals surface area contributed by atoms with Gasteiger partial charge < -0.3 is 4.74 Å². The zero-order valence-corrected chi connectivity index (χ0v) is 9.32. The predicted molar refractivity (Wildman–Crippen MR) is 61.0 cm³/mol. The molecule has 2 nitrogen and oxygen atoms in total. The maximum atomic E-state index is 11.6. The van der Waals surface area contributed by atoms with Gasteiger partial charge in [-0.2, -0.15) is 0 Å². The molecule has 0 radical (unpaired) electrons. The molecule has 0 aromatic heterocycles.